The van der Waals surface area contributed by atoms with E-state index in [9.17, 15) is 19.5 Å². The third-order valence-corrected chi connectivity index (χ3v) is 6.52. The second-order valence-electron chi connectivity index (χ2n) is 4.99. The molecule has 1 aromatic heterocycles. The predicted octanol–water partition coefficient (Wildman–Crippen LogP) is 0.907. The van der Waals surface area contributed by atoms with Gasteiger partial charge in [0.05, 0.1) is 0 Å². The van der Waals surface area contributed by atoms with Gasteiger partial charge in [-0.15, -0.1) is 33.3 Å². The van der Waals surface area contributed by atoms with E-state index < -0.39 is 33.5 Å². The summed E-state index contributed by atoms with van der Waals surface area (Å²) in [6, 6.07) is 0. The molecule has 2 aliphatic heterocycles. The maximum Gasteiger partial charge on any atom is 0.353 e. The summed E-state index contributed by atoms with van der Waals surface area (Å²) in [5.41, 5.74) is 0.132. The summed E-state index contributed by atoms with van der Waals surface area (Å²) in [5, 5.41) is 20.4. The number of amides is 2. The van der Waals surface area contributed by atoms with Gasteiger partial charge in [0.15, 0.2) is 10.4 Å². The topological polar surface area (TPSA) is 112 Å². The molecule has 3 heterocycles. The van der Waals surface area contributed by atoms with Gasteiger partial charge in [-0.05, 0) is 0 Å². The molecular formula is C12H8Cl2N4O4S3. The first-order valence-electron chi connectivity index (χ1n) is 6.58. The monoisotopic (exact) mass is 438 g/mol. The summed E-state index contributed by atoms with van der Waals surface area (Å²) in [7, 11) is 0. The van der Waals surface area contributed by atoms with Crippen LogP contribution in [0.25, 0.3) is 5.57 Å². The number of carboxylic acids is 1. The molecule has 1 unspecified atom stereocenters. The van der Waals surface area contributed by atoms with Gasteiger partial charge in [-0.2, -0.15) is 0 Å². The van der Waals surface area contributed by atoms with Gasteiger partial charge in [0, 0.05) is 16.7 Å². The lowest BCUT2D eigenvalue weighted by Gasteiger charge is -2.55. The van der Waals surface area contributed by atoms with Crippen LogP contribution in [-0.2, 0) is 14.4 Å². The van der Waals surface area contributed by atoms with Gasteiger partial charge in [-0.25, -0.2) is 4.79 Å². The van der Waals surface area contributed by atoms with E-state index in [1.54, 1.807) is 0 Å². The number of carbonyl (C=O) groups excluding carboxylic acids is 2. The van der Waals surface area contributed by atoms with Crippen LogP contribution in [0.5, 0.6) is 0 Å². The Morgan fingerprint density at radius 2 is 2.28 bits per heavy atom. The smallest absolute Gasteiger partial charge is 0.353 e. The molecule has 2 aliphatic rings. The van der Waals surface area contributed by atoms with Crippen molar-refractivity contribution in [3.8, 4) is 0 Å². The highest BCUT2D eigenvalue weighted by atomic mass is 35.5. The number of aromatic nitrogens is 2. The van der Waals surface area contributed by atoms with E-state index in [0.717, 1.165) is 10.3 Å². The van der Waals surface area contributed by atoms with Crippen molar-refractivity contribution in [1.29, 1.82) is 0 Å². The van der Waals surface area contributed by atoms with Crippen molar-refractivity contribution >= 4 is 87.2 Å². The molecule has 2 amide bonds. The van der Waals surface area contributed by atoms with Crippen LogP contribution in [0.15, 0.2) is 11.2 Å². The number of hydrogen-bond donors (Lipinski definition) is 2. The molecule has 0 spiro atoms. The van der Waals surface area contributed by atoms with Gasteiger partial charge in [-0.3, -0.25) is 14.5 Å². The first-order valence-corrected chi connectivity index (χ1v) is 9.85. The zero-order valence-electron chi connectivity index (χ0n) is 12.0. The molecule has 1 saturated heterocycles. The molecule has 3 rings (SSSR count). The molecule has 0 bridgehead atoms. The molecule has 2 N–H and O–H groups in total. The molecule has 25 heavy (non-hydrogen) atoms. The zero-order chi connectivity index (χ0) is 18.4. The number of carboxylic acid groups (broad SMARTS) is 1. The summed E-state index contributed by atoms with van der Waals surface area (Å²) in [4.78, 5) is 36.0. The zero-order valence-corrected chi connectivity index (χ0v) is 16.0. The van der Waals surface area contributed by atoms with Crippen molar-refractivity contribution in [3.05, 3.63) is 16.2 Å². The third kappa shape index (κ3) is 2.83. The maximum atomic E-state index is 12.7. The average molecular weight is 439 g/mol. The van der Waals surface area contributed by atoms with Crippen molar-refractivity contribution in [2.75, 3.05) is 5.75 Å². The van der Waals surface area contributed by atoms with Crippen LogP contribution in [0, 0.1) is 0 Å². The molecule has 1 fully saturated rings. The molecule has 0 radical (unpaired) electrons. The van der Waals surface area contributed by atoms with Crippen LogP contribution < -0.4 is 5.32 Å². The molecule has 0 aliphatic carbocycles. The fourth-order valence-electron chi connectivity index (χ4n) is 2.56. The lowest BCUT2D eigenvalue weighted by Crippen LogP contribution is -2.80. The van der Waals surface area contributed by atoms with Crippen molar-refractivity contribution in [1.82, 2.24) is 20.4 Å². The van der Waals surface area contributed by atoms with Gasteiger partial charge < -0.3 is 10.4 Å². The number of aliphatic carboxylic acids is 1. The molecule has 1 aromatic rings. The Balaban J connectivity index is 2.00. The Morgan fingerprint density at radius 1 is 1.56 bits per heavy atom. The number of hydrogen-bond acceptors (Lipinski definition) is 8. The summed E-state index contributed by atoms with van der Waals surface area (Å²) >= 11 is 18.4. The first-order chi connectivity index (χ1) is 11.8. The predicted molar refractivity (Wildman–Crippen MR) is 97.6 cm³/mol. The van der Waals surface area contributed by atoms with E-state index in [1.807, 2.05) is 0 Å². The number of rotatable bonds is 5. The lowest BCUT2D eigenvalue weighted by molar-refractivity contribution is -0.153. The molecule has 0 saturated carbocycles. The molecule has 13 heteroatoms. The van der Waals surface area contributed by atoms with E-state index in [-0.39, 0.29) is 11.4 Å². The van der Waals surface area contributed by atoms with Gasteiger partial charge in [-0.1, -0.05) is 35.4 Å². The van der Waals surface area contributed by atoms with Crippen LogP contribution in [-0.4, -0.2) is 64.9 Å². The number of carbonyl (C=O) groups is 3. The van der Waals surface area contributed by atoms with E-state index >= 15 is 0 Å². The van der Waals surface area contributed by atoms with Crippen LogP contribution in [0.3, 0.4) is 0 Å². The van der Waals surface area contributed by atoms with Crippen molar-refractivity contribution < 1.29 is 19.5 Å². The van der Waals surface area contributed by atoms with Crippen LogP contribution in [0.2, 0.25) is 0 Å². The van der Waals surface area contributed by atoms with Crippen LogP contribution in [0.1, 0.15) is 5.01 Å². The van der Waals surface area contributed by atoms with Crippen LogP contribution in [0.4, 0.5) is 0 Å². The number of thioether (sulfide) groups is 1. The lowest BCUT2D eigenvalue weighted by atomic mass is 9.88. The first kappa shape index (κ1) is 18.5. The standard InChI is InChI=1S/C12H8Cl2N4O4S3/c13-6(14)7(19)16-12(2-23)10(22)18-5(9(20)21)4(1-24-11(12)18)8-17-15-3-25-8/h2-3,6,11H,1H2,(H,16,19)(H,20,21)/t11-,12?/m0/s1. The second-order valence-corrected chi connectivity index (χ2v) is 8.23. The SMILES string of the molecule is O=C(O)C1=C(c2nncs2)CS[C@@H]2N1C(=O)C2(C=S)NC(=O)C(Cl)Cl. The molecule has 0 aromatic carbocycles. The Labute approximate surface area is 164 Å². The fraction of sp³-hybridized carbons (Fsp3) is 0.333. The van der Waals surface area contributed by atoms with Gasteiger partial charge >= 0.3 is 5.97 Å². The van der Waals surface area contributed by atoms with Crippen molar-refractivity contribution in [2.45, 2.75) is 15.7 Å². The molecular weight excluding hydrogens is 431 g/mol. The van der Waals surface area contributed by atoms with Gasteiger partial charge in [0.2, 0.25) is 0 Å². The highest BCUT2D eigenvalue weighted by Gasteiger charge is 2.65. The number of β-lactam (4-membered cyclic amide) rings is 1. The normalized spacial score (nSPS) is 25.5. The van der Waals surface area contributed by atoms with E-state index in [1.165, 1.54) is 28.6 Å². The van der Waals surface area contributed by atoms with Gasteiger partial charge in [0.25, 0.3) is 11.8 Å². The molecule has 2 atom stereocenters. The summed E-state index contributed by atoms with van der Waals surface area (Å²) in [6.07, 6.45) is 0. The maximum absolute atomic E-state index is 12.7. The number of halogens is 2. The van der Waals surface area contributed by atoms with Crippen molar-refractivity contribution in [3.63, 3.8) is 0 Å². The highest BCUT2D eigenvalue weighted by Crippen LogP contribution is 2.47. The number of nitrogens with zero attached hydrogens (tertiary/aromatic N) is 3. The summed E-state index contributed by atoms with van der Waals surface area (Å²) < 4.78 is 0. The van der Waals surface area contributed by atoms with Crippen molar-refractivity contribution in [2.24, 2.45) is 0 Å². The Hall–Kier alpha value is -1.27. The molecule has 8 nitrogen and oxygen atoms in total. The Bertz CT molecular complexity index is 800. The van der Waals surface area contributed by atoms with E-state index in [2.05, 4.69) is 15.5 Å². The average Bonchev–Trinajstić information content (AvgIpc) is 3.11. The summed E-state index contributed by atoms with van der Waals surface area (Å²) in [5.74, 6) is -2.46. The third-order valence-electron chi connectivity index (χ3n) is 3.64. The Kier molecular flexibility index (Phi) is 5.04. The number of thiocarbonyl (C=S) groups is 1. The van der Waals surface area contributed by atoms with E-state index in [4.69, 9.17) is 35.4 Å². The quantitative estimate of drug-likeness (QED) is 0.396. The Morgan fingerprint density at radius 3 is 2.80 bits per heavy atom. The minimum Gasteiger partial charge on any atom is -0.477 e. The number of nitrogens with one attached hydrogen (secondary N) is 1. The highest BCUT2D eigenvalue weighted by molar-refractivity contribution is 8.00. The minimum atomic E-state index is -1.54. The fourth-order valence-corrected chi connectivity index (χ4v) is 5.17. The number of alkyl halides is 2. The summed E-state index contributed by atoms with van der Waals surface area (Å²) in [6.45, 7) is 0. The van der Waals surface area contributed by atoms with Gasteiger partial charge in [0.1, 0.15) is 21.6 Å². The minimum absolute atomic E-state index is 0.194. The van der Waals surface area contributed by atoms with Crippen LogP contribution >= 0.6 is 58.5 Å². The second kappa shape index (κ2) is 6.80. The largest absolute Gasteiger partial charge is 0.477 e. The molecule has 132 valence electrons. The van der Waals surface area contributed by atoms with E-state index in [0.29, 0.717) is 10.6 Å². The number of fused-ring (bicyclic) bond motifs is 1.